The van der Waals surface area contributed by atoms with Crippen LogP contribution in [0, 0.1) is 0 Å². The van der Waals surface area contributed by atoms with Crippen molar-refractivity contribution in [3.8, 4) is 11.5 Å². The summed E-state index contributed by atoms with van der Waals surface area (Å²) in [6, 6.07) is 23.9. The van der Waals surface area contributed by atoms with Gasteiger partial charge < -0.3 is 20.1 Å². The zero-order valence-electron chi connectivity index (χ0n) is 18.9. The summed E-state index contributed by atoms with van der Waals surface area (Å²) < 4.78 is 10.9. The molecule has 0 aromatic heterocycles. The minimum absolute atomic E-state index is 0.00647. The van der Waals surface area contributed by atoms with Gasteiger partial charge in [-0.2, -0.15) is 0 Å². The van der Waals surface area contributed by atoms with Crippen molar-refractivity contribution >= 4 is 5.91 Å². The number of rotatable bonds is 11. The van der Waals surface area contributed by atoms with E-state index in [2.05, 4.69) is 12.1 Å². The molecule has 0 atom stereocenters. The molecule has 32 heavy (non-hydrogen) atoms. The van der Waals surface area contributed by atoms with Crippen LogP contribution in [0.2, 0.25) is 0 Å². The number of nitrogens with zero attached hydrogens (tertiary/aromatic N) is 1. The third kappa shape index (κ3) is 6.11. The van der Waals surface area contributed by atoms with Crippen LogP contribution in [0.3, 0.4) is 0 Å². The number of benzene rings is 3. The first-order chi connectivity index (χ1) is 15.7. The molecular formula is C27H32N2O3. The summed E-state index contributed by atoms with van der Waals surface area (Å²) >= 11 is 0. The molecule has 2 N–H and O–H groups in total. The van der Waals surface area contributed by atoms with Crippen molar-refractivity contribution in [3.63, 3.8) is 0 Å². The molecule has 0 aliphatic heterocycles. The normalized spacial score (nSPS) is 10.6. The van der Waals surface area contributed by atoms with E-state index < -0.39 is 0 Å². The fraction of sp³-hybridized carbons (Fsp3) is 0.296. The summed E-state index contributed by atoms with van der Waals surface area (Å²) in [5.74, 6) is 1.47. The summed E-state index contributed by atoms with van der Waals surface area (Å²) in [6.07, 6.45) is 2.42. The van der Waals surface area contributed by atoms with Crippen molar-refractivity contribution < 1.29 is 14.3 Å². The van der Waals surface area contributed by atoms with Crippen LogP contribution < -0.4 is 15.2 Å². The highest BCUT2D eigenvalue weighted by atomic mass is 16.5. The lowest BCUT2D eigenvalue weighted by Crippen LogP contribution is -2.33. The fourth-order valence-corrected chi connectivity index (χ4v) is 3.79. The van der Waals surface area contributed by atoms with Gasteiger partial charge in [0.25, 0.3) is 5.91 Å². The van der Waals surface area contributed by atoms with E-state index in [0.717, 1.165) is 47.5 Å². The lowest BCUT2D eigenvalue weighted by Gasteiger charge is -2.25. The third-order valence-electron chi connectivity index (χ3n) is 5.54. The van der Waals surface area contributed by atoms with Crippen molar-refractivity contribution in [1.82, 2.24) is 4.90 Å². The van der Waals surface area contributed by atoms with Gasteiger partial charge in [-0.25, -0.2) is 0 Å². The number of methoxy groups -OCH3 is 2. The Kier molecular flexibility index (Phi) is 8.70. The molecule has 0 bridgehead atoms. The van der Waals surface area contributed by atoms with Crippen LogP contribution in [0.5, 0.6) is 11.5 Å². The van der Waals surface area contributed by atoms with E-state index in [0.29, 0.717) is 19.6 Å². The second-order valence-corrected chi connectivity index (χ2v) is 7.69. The number of carbonyl (C=O) groups excluding carboxylic acids is 1. The molecule has 0 spiro atoms. The highest BCUT2D eigenvalue weighted by Gasteiger charge is 2.20. The number of hydrogen-bond acceptors (Lipinski definition) is 4. The molecule has 0 unspecified atom stereocenters. The first-order valence-electron chi connectivity index (χ1n) is 11.0. The van der Waals surface area contributed by atoms with Gasteiger partial charge >= 0.3 is 0 Å². The molecule has 0 aliphatic carbocycles. The van der Waals surface area contributed by atoms with E-state index in [1.165, 1.54) is 5.56 Å². The van der Waals surface area contributed by atoms with Crippen LogP contribution in [0.15, 0.2) is 72.8 Å². The molecule has 3 rings (SSSR count). The maximum absolute atomic E-state index is 13.7. The molecule has 168 valence electrons. The van der Waals surface area contributed by atoms with Crippen LogP contribution in [0.1, 0.15) is 33.5 Å². The quantitative estimate of drug-likeness (QED) is 0.485. The standard InChI is InChI=1S/C27H32N2O3/c1-31-24-15-16-26(32-2)23(19-24)20-29(18-8-17-28)27(30)25-12-7-6-11-22(25)14-13-21-9-4-3-5-10-21/h3-7,9-12,15-16,19H,8,13-14,17-18,20,28H2,1-2H3. The Labute approximate surface area is 190 Å². The van der Waals surface area contributed by atoms with E-state index >= 15 is 0 Å². The van der Waals surface area contributed by atoms with Crippen LogP contribution in [-0.4, -0.2) is 38.1 Å². The van der Waals surface area contributed by atoms with E-state index in [-0.39, 0.29) is 5.91 Å². The smallest absolute Gasteiger partial charge is 0.254 e. The van der Waals surface area contributed by atoms with Gasteiger partial charge in [0.2, 0.25) is 0 Å². The highest BCUT2D eigenvalue weighted by Crippen LogP contribution is 2.26. The minimum atomic E-state index is 0.00647. The molecule has 0 saturated heterocycles. The van der Waals surface area contributed by atoms with Crippen molar-refractivity contribution in [1.29, 1.82) is 0 Å². The Hall–Kier alpha value is -3.31. The molecule has 0 heterocycles. The van der Waals surface area contributed by atoms with Gasteiger partial charge in [-0.3, -0.25) is 4.79 Å². The average Bonchev–Trinajstić information content (AvgIpc) is 2.85. The second kappa shape index (κ2) is 11.9. The summed E-state index contributed by atoms with van der Waals surface area (Å²) in [5.41, 5.74) is 9.72. The van der Waals surface area contributed by atoms with Gasteiger partial charge in [0.1, 0.15) is 11.5 Å². The van der Waals surface area contributed by atoms with Crippen LogP contribution in [0.4, 0.5) is 0 Å². The molecule has 5 heteroatoms. The van der Waals surface area contributed by atoms with Crippen molar-refractivity contribution in [2.75, 3.05) is 27.3 Å². The Morgan fingerprint density at radius 2 is 1.62 bits per heavy atom. The molecule has 0 saturated carbocycles. The zero-order chi connectivity index (χ0) is 22.8. The van der Waals surface area contributed by atoms with Gasteiger partial charge in [0.05, 0.1) is 14.2 Å². The van der Waals surface area contributed by atoms with Crippen molar-refractivity contribution in [2.45, 2.75) is 25.8 Å². The molecule has 0 aliphatic rings. The average molecular weight is 433 g/mol. The molecule has 3 aromatic carbocycles. The number of hydrogen-bond donors (Lipinski definition) is 1. The predicted molar refractivity (Wildman–Crippen MR) is 128 cm³/mol. The maximum atomic E-state index is 13.7. The summed E-state index contributed by atoms with van der Waals surface area (Å²) in [5, 5.41) is 0. The minimum Gasteiger partial charge on any atom is -0.497 e. The Bertz CT molecular complexity index is 1000. The maximum Gasteiger partial charge on any atom is 0.254 e. The van der Waals surface area contributed by atoms with E-state index in [1.807, 2.05) is 65.6 Å². The van der Waals surface area contributed by atoms with Gasteiger partial charge in [-0.05, 0) is 61.2 Å². The number of ether oxygens (including phenoxy) is 2. The van der Waals surface area contributed by atoms with Crippen LogP contribution >= 0.6 is 0 Å². The highest BCUT2D eigenvalue weighted by molar-refractivity contribution is 5.95. The van der Waals surface area contributed by atoms with Gasteiger partial charge in [-0.15, -0.1) is 0 Å². The summed E-state index contributed by atoms with van der Waals surface area (Å²) in [7, 11) is 3.27. The molecule has 0 radical (unpaired) electrons. The Balaban J connectivity index is 1.85. The summed E-state index contributed by atoms with van der Waals surface area (Å²) in [4.78, 5) is 15.5. The van der Waals surface area contributed by atoms with Crippen LogP contribution in [-0.2, 0) is 19.4 Å². The van der Waals surface area contributed by atoms with E-state index in [4.69, 9.17) is 15.2 Å². The van der Waals surface area contributed by atoms with Gasteiger partial charge in [-0.1, -0.05) is 48.5 Å². The van der Waals surface area contributed by atoms with Gasteiger partial charge in [0, 0.05) is 24.2 Å². The Morgan fingerprint density at radius 1 is 0.875 bits per heavy atom. The van der Waals surface area contributed by atoms with E-state index in [9.17, 15) is 4.79 Å². The van der Waals surface area contributed by atoms with Gasteiger partial charge in [0.15, 0.2) is 0 Å². The lowest BCUT2D eigenvalue weighted by molar-refractivity contribution is 0.0740. The van der Waals surface area contributed by atoms with E-state index in [1.54, 1.807) is 14.2 Å². The molecule has 1 amide bonds. The molecular weight excluding hydrogens is 400 g/mol. The largest absolute Gasteiger partial charge is 0.497 e. The molecule has 5 nitrogen and oxygen atoms in total. The monoisotopic (exact) mass is 432 g/mol. The fourth-order valence-electron chi connectivity index (χ4n) is 3.79. The molecule has 0 fully saturated rings. The van der Waals surface area contributed by atoms with Crippen molar-refractivity contribution in [3.05, 3.63) is 95.1 Å². The third-order valence-corrected chi connectivity index (χ3v) is 5.54. The van der Waals surface area contributed by atoms with Crippen LogP contribution in [0.25, 0.3) is 0 Å². The van der Waals surface area contributed by atoms with Crippen molar-refractivity contribution in [2.24, 2.45) is 5.73 Å². The topological polar surface area (TPSA) is 64.8 Å². The number of carbonyl (C=O) groups is 1. The number of nitrogens with two attached hydrogens (primary N) is 1. The SMILES string of the molecule is COc1ccc(OC)c(CN(CCCN)C(=O)c2ccccc2CCc2ccccc2)c1. The second-order valence-electron chi connectivity index (χ2n) is 7.69. The first-order valence-corrected chi connectivity index (χ1v) is 11.0. The molecule has 3 aromatic rings. The lowest BCUT2D eigenvalue weighted by atomic mass is 9.98. The first kappa shape index (κ1) is 23.4. The number of aryl methyl sites for hydroxylation is 2. The number of amides is 1. The Morgan fingerprint density at radius 3 is 2.34 bits per heavy atom. The predicted octanol–water partition coefficient (Wildman–Crippen LogP) is 4.48. The summed E-state index contributed by atoms with van der Waals surface area (Å²) in [6.45, 7) is 1.52. The zero-order valence-corrected chi connectivity index (χ0v) is 18.9.